The van der Waals surface area contributed by atoms with Crippen LogP contribution in [0.15, 0.2) is 12.1 Å². The fraction of sp³-hybridized carbons (Fsp3) is 0.250. The van der Waals surface area contributed by atoms with Gasteiger partial charge in [-0.3, -0.25) is 4.79 Å². The zero-order chi connectivity index (χ0) is 12.3. The van der Waals surface area contributed by atoms with Crippen LogP contribution in [0.2, 0.25) is 19.6 Å². The normalized spacial score (nSPS) is 10.6. The van der Waals surface area contributed by atoms with E-state index >= 15 is 0 Å². The van der Waals surface area contributed by atoms with E-state index in [-0.39, 0.29) is 11.1 Å². The number of hydrogen-bond donors (Lipinski definition) is 0. The predicted molar refractivity (Wildman–Crippen MR) is 62.0 cm³/mol. The van der Waals surface area contributed by atoms with Crippen LogP contribution in [0, 0.1) is 23.1 Å². The summed E-state index contributed by atoms with van der Waals surface area (Å²) in [4.78, 5) is 10.7. The molecule has 0 heterocycles. The van der Waals surface area contributed by atoms with Crippen LogP contribution in [0.1, 0.15) is 15.9 Å². The second-order valence-corrected chi connectivity index (χ2v) is 9.22. The molecule has 1 rings (SSSR count). The molecule has 0 radical (unpaired) electrons. The van der Waals surface area contributed by atoms with Crippen molar-refractivity contribution in [2.24, 2.45) is 0 Å². The highest BCUT2D eigenvalue weighted by molar-refractivity contribution is 6.83. The third-order valence-corrected chi connectivity index (χ3v) is 2.65. The molecule has 1 nitrogen and oxygen atoms in total. The van der Waals surface area contributed by atoms with E-state index in [0.717, 1.165) is 12.1 Å². The Hall–Kier alpha value is -1.47. The van der Waals surface area contributed by atoms with Gasteiger partial charge in [-0.1, -0.05) is 25.6 Å². The van der Waals surface area contributed by atoms with Crippen molar-refractivity contribution < 1.29 is 13.6 Å². The molecule has 0 spiro atoms. The average Bonchev–Trinajstić information content (AvgIpc) is 2.13. The lowest BCUT2D eigenvalue weighted by Gasteiger charge is -2.04. The topological polar surface area (TPSA) is 17.1 Å². The van der Waals surface area contributed by atoms with Crippen molar-refractivity contribution in [1.82, 2.24) is 0 Å². The number of halogens is 2. The summed E-state index contributed by atoms with van der Waals surface area (Å²) in [5.41, 5.74) is 2.89. The Morgan fingerprint density at radius 2 is 1.88 bits per heavy atom. The SMILES string of the molecule is C[Si](C)(C)C#Cc1c(F)cc(F)cc1C=O. The van der Waals surface area contributed by atoms with Crippen LogP contribution in [0.5, 0.6) is 0 Å². The van der Waals surface area contributed by atoms with Crippen molar-refractivity contribution in [1.29, 1.82) is 0 Å². The standard InChI is InChI=1S/C12H12F2OSi/c1-16(2,3)5-4-11-9(8-15)6-10(13)7-12(11)14/h6-8H,1-3H3. The van der Waals surface area contributed by atoms with Gasteiger partial charge in [-0.15, -0.1) is 5.54 Å². The molecule has 0 aliphatic carbocycles. The lowest BCUT2D eigenvalue weighted by molar-refractivity contribution is 0.112. The second kappa shape index (κ2) is 4.58. The van der Waals surface area contributed by atoms with Crippen LogP contribution in [-0.4, -0.2) is 14.4 Å². The maximum Gasteiger partial charge on any atom is 0.151 e. The maximum atomic E-state index is 13.4. The van der Waals surface area contributed by atoms with E-state index in [2.05, 4.69) is 11.5 Å². The van der Waals surface area contributed by atoms with E-state index in [1.54, 1.807) is 0 Å². The van der Waals surface area contributed by atoms with Crippen LogP contribution in [0.3, 0.4) is 0 Å². The molecule has 0 fully saturated rings. The molecule has 0 saturated carbocycles. The van der Waals surface area contributed by atoms with Crippen molar-refractivity contribution in [3.05, 3.63) is 34.9 Å². The van der Waals surface area contributed by atoms with Crippen molar-refractivity contribution in [2.75, 3.05) is 0 Å². The molecule has 1 aromatic carbocycles. The number of aldehydes is 1. The lowest BCUT2D eigenvalue weighted by Crippen LogP contribution is -2.16. The first-order chi connectivity index (χ1) is 7.33. The molecule has 0 aliphatic rings. The fourth-order valence-electron chi connectivity index (χ4n) is 1.07. The Labute approximate surface area is 94.5 Å². The molecule has 16 heavy (non-hydrogen) atoms. The number of rotatable bonds is 1. The third-order valence-electron chi connectivity index (χ3n) is 1.77. The van der Waals surface area contributed by atoms with Crippen molar-refractivity contribution in [2.45, 2.75) is 19.6 Å². The first-order valence-corrected chi connectivity index (χ1v) is 8.31. The van der Waals surface area contributed by atoms with E-state index in [9.17, 15) is 13.6 Å². The highest BCUT2D eigenvalue weighted by Gasteiger charge is 2.11. The van der Waals surface area contributed by atoms with Crippen LogP contribution in [-0.2, 0) is 0 Å². The van der Waals surface area contributed by atoms with E-state index < -0.39 is 19.7 Å². The van der Waals surface area contributed by atoms with Gasteiger partial charge in [0, 0.05) is 11.6 Å². The Morgan fingerprint density at radius 3 is 2.38 bits per heavy atom. The zero-order valence-electron chi connectivity index (χ0n) is 9.40. The smallest absolute Gasteiger partial charge is 0.151 e. The fourth-order valence-corrected chi connectivity index (χ4v) is 1.57. The van der Waals surface area contributed by atoms with Crippen molar-refractivity contribution in [3.63, 3.8) is 0 Å². The molecule has 1 aromatic rings. The van der Waals surface area contributed by atoms with E-state index in [1.165, 1.54) is 0 Å². The molecule has 0 saturated heterocycles. The molecule has 0 N–H and O–H groups in total. The number of hydrogen-bond acceptors (Lipinski definition) is 1. The summed E-state index contributed by atoms with van der Waals surface area (Å²) in [6.07, 6.45) is 0.417. The Kier molecular flexibility index (Phi) is 3.61. The van der Waals surface area contributed by atoms with Gasteiger partial charge in [0.1, 0.15) is 19.7 Å². The summed E-state index contributed by atoms with van der Waals surface area (Å²) in [5.74, 6) is 1.09. The van der Waals surface area contributed by atoms with Gasteiger partial charge < -0.3 is 0 Å². The monoisotopic (exact) mass is 238 g/mol. The van der Waals surface area contributed by atoms with Gasteiger partial charge in [0.15, 0.2) is 6.29 Å². The van der Waals surface area contributed by atoms with Crippen LogP contribution < -0.4 is 0 Å². The Balaban J connectivity index is 3.32. The van der Waals surface area contributed by atoms with Crippen molar-refractivity contribution >= 4 is 14.4 Å². The summed E-state index contributed by atoms with van der Waals surface area (Å²) in [6, 6.07) is 1.73. The molecule has 0 aliphatic heterocycles. The summed E-state index contributed by atoms with van der Waals surface area (Å²) in [7, 11) is -1.65. The van der Waals surface area contributed by atoms with E-state index in [1.807, 2.05) is 19.6 Å². The van der Waals surface area contributed by atoms with E-state index in [0.29, 0.717) is 6.29 Å². The number of carbonyl (C=O) groups is 1. The Morgan fingerprint density at radius 1 is 1.25 bits per heavy atom. The summed E-state index contributed by atoms with van der Waals surface area (Å²) in [6.45, 7) is 6.01. The molecule has 0 unspecified atom stereocenters. The molecule has 0 bridgehead atoms. The highest BCUT2D eigenvalue weighted by Crippen LogP contribution is 2.14. The summed E-state index contributed by atoms with van der Waals surface area (Å²) < 4.78 is 26.2. The molecule has 0 atom stereocenters. The first-order valence-electron chi connectivity index (χ1n) is 4.81. The lowest BCUT2D eigenvalue weighted by atomic mass is 10.1. The molecule has 4 heteroatoms. The van der Waals surface area contributed by atoms with Gasteiger partial charge in [0.2, 0.25) is 0 Å². The molecular weight excluding hydrogens is 226 g/mol. The Bertz CT molecular complexity index is 478. The summed E-state index contributed by atoms with van der Waals surface area (Å²) in [5, 5.41) is 0. The molecule has 0 aromatic heterocycles. The predicted octanol–water partition coefficient (Wildman–Crippen LogP) is 3.01. The second-order valence-electron chi connectivity index (χ2n) is 4.47. The van der Waals surface area contributed by atoms with Crippen LogP contribution in [0.4, 0.5) is 8.78 Å². The largest absolute Gasteiger partial charge is 0.298 e. The van der Waals surface area contributed by atoms with Gasteiger partial charge in [-0.05, 0) is 6.07 Å². The van der Waals surface area contributed by atoms with Gasteiger partial charge in [-0.2, -0.15) is 0 Å². The summed E-state index contributed by atoms with van der Waals surface area (Å²) >= 11 is 0. The minimum absolute atomic E-state index is 0.0150. The average molecular weight is 238 g/mol. The molecule has 0 amide bonds. The quantitative estimate of drug-likeness (QED) is 0.417. The highest BCUT2D eigenvalue weighted by atomic mass is 28.3. The van der Waals surface area contributed by atoms with Gasteiger partial charge >= 0.3 is 0 Å². The van der Waals surface area contributed by atoms with Gasteiger partial charge in [0.25, 0.3) is 0 Å². The van der Waals surface area contributed by atoms with Crippen molar-refractivity contribution in [3.8, 4) is 11.5 Å². The molecular formula is C12H12F2OSi. The number of carbonyl (C=O) groups excluding carboxylic acids is 1. The maximum absolute atomic E-state index is 13.4. The minimum Gasteiger partial charge on any atom is -0.298 e. The van der Waals surface area contributed by atoms with Crippen LogP contribution >= 0.6 is 0 Å². The zero-order valence-corrected chi connectivity index (χ0v) is 10.4. The first kappa shape index (κ1) is 12.6. The van der Waals surface area contributed by atoms with Crippen LogP contribution in [0.25, 0.3) is 0 Å². The van der Waals surface area contributed by atoms with Gasteiger partial charge in [-0.25, -0.2) is 8.78 Å². The third kappa shape index (κ3) is 3.28. The molecule has 84 valence electrons. The van der Waals surface area contributed by atoms with E-state index in [4.69, 9.17) is 0 Å². The number of benzene rings is 1. The minimum atomic E-state index is -1.65. The van der Waals surface area contributed by atoms with Gasteiger partial charge in [0.05, 0.1) is 5.56 Å².